The monoisotopic (exact) mass is 690 g/mol. The SMILES string of the molecule is C=C1C(C2CCN(C(C)C)CC2)=Cc2c3nc(C)nc2N1C(C)(C)CCC/C=C\C(C)(S)N1CCC(CC1)C(F)(F)c1cccc(c1)CN3. The summed E-state index contributed by atoms with van der Waals surface area (Å²) in [4.78, 5) is 16.6. The zero-order valence-corrected chi connectivity index (χ0v) is 31.3. The molecule has 2 aromatic rings. The number of benzene rings is 1. The number of piperidine rings is 2. The van der Waals surface area contributed by atoms with E-state index in [1.807, 2.05) is 13.0 Å². The molecule has 1 N–H and O–H groups in total. The number of nitrogens with zero attached hydrogens (tertiary/aromatic N) is 5. The van der Waals surface area contributed by atoms with Crippen LogP contribution in [0.15, 0.2) is 54.3 Å². The quantitative estimate of drug-likeness (QED) is 0.242. The number of halogens is 2. The molecule has 2 fully saturated rings. The minimum absolute atomic E-state index is 0.0877. The number of thiol groups is 1. The number of aromatic nitrogens is 2. The van der Waals surface area contributed by atoms with Crippen molar-refractivity contribution in [1.82, 2.24) is 19.8 Å². The van der Waals surface area contributed by atoms with Crippen LogP contribution in [-0.4, -0.2) is 62.4 Å². The van der Waals surface area contributed by atoms with Gasteiger partial charge in [0.2, 0.25) is 0 Å². The molecule has 0 aliphatic carbocycles. The summed E-state index contributed by atoms with van der Waals surface area (Å²) in [7, 11) is 0. The lowest BCUT2D eigenvalue weighted by atomic mass is 9.82. The molecule has 5 aliphatic rings. The number of anilines is 2. The number of hydrogen-bond donors (Lipinski definition) is 2. The predicted molar refractivity (Wildman–Crippen MR) is 202 cm³/mol. The van der Waals surface area contributed by atoms with Crippen molar-refractivity contribution in [2.75, 3.05) is 36.4 Å². The van der Waals surface area contributed by atoms with E-state index in [0.717, 1.165) is 73.7 Å². The summed E-state index contributed by atoms with van der Waals surface area (Å²) < 4.78 is 32.1. The molecule has 49 heavy (non-hydrogen) atoms. The van der Waals surface area contributed by atoms with Gasteiger partial charge in [-0.05, 0) is 129 Å². The van der Waals surface area contributed by atoms with Gasteiger partial charge in [0, 0.05) is 48.4 Å². The highest BCUT2D eigenvalue weighted by molar-refractivity contribution is 7.81. The largest absolute Gasteiger partial charge is 0.365 e. The average molecular weight is 691 g/mol. The fourth-order valence-corrected chi connectivity index (χ4v) is 8.72. The van der Waals surface area contributed by atoms with Gasteiger partial charge in [0.05, 0.1) is 10.4 Å². The molecule has 7 rings (SSSR count). The van der Waals surface area contributed by atoms with Gasteiger partial charge in [0.15, 0.2) is 0 Å². The first kappa shape index (κ1) is 36.1. The topological polar surface area (TPSA) is 47.5 Å². The fourth-order valence-electron chi connectivity index (χ4n) is 8.41. The Hall–Kier alpha value is -2.75. The van der Waals surface area contributed by atoms with Crippen LogP contribution < -0.4 is 10.2 Å². The van der Waals surface area contributed by atoms with Gasteiger partial charge < -0.3 is 15.1 Å². The summed E-state index contributed by atoms with van der Waals surface area (Å²) in [5, 5.41) is 3.57. The second-order valence-corrected chi connectivity index (χ2v) is 16.7. The minimum Gasteiger partial charge on any atom is -0.365 e. The predicted octanol–water partition coefficient (Wildman–Crippen LogP) is 9.20. The summed E-state index contributed by atoms with van der Waals surface area (Å²) in [5.41, 5.74) is 3.87. The molecule has 6 nitrogen and oxygen atoms in total. The van der Waals surface area contributed by atoms with Gasteiger partial charge >= 0.3 is 0 Å². The van der Waals surface area contributed by atoms with E-state index in [-0.39, 0.29) is 11.1 Å². The zero-order chi connectivity index (χ0) is 35.1. The summed E-state index contributed by atoms with van der Waals surface area (Å²) >= 11 is 5.01. The van der Waals surface area contributed by atoms with Crippen LogP contribution >= 0.6 is 12.6 Å². The van der Waals surface area contributed by atoms with Gasteiger partial charge in [0.1, 0.15) is 17.5 Å². The van der Waals surface area contributed by atoms with Crippen molar-refractivity contribution in [3.63, 3.8) is 0 Å². The Bertz CT molecular complexity index is 1580. The first-order valence-corrected chi connectivity index (χ1v) is 18.8. The highest BCUT2D eigenvalue weighted by atomic mass is 32.1. The Morgan fingerprint density at radius 2 is 1.73 bits per heavy atom. The summed E-state index contributed by atoms with van der Waals surface area (Å²) in [6, 6.07) is 7.47. The van der Waals surface area contributed by atoms with Crippen molar-refractivity contribution in [3.05, 3.63) is 76.8 Å². The number of nitrogens with one attached hydrogen (secondary N) is 1. The molecule has 0 saturated carbocycles. The van der Waals surface area contributed by atoms with E-state index in [1.54, 1.807) is 18.2 Å². The molecule has 1 aromatic carbocycles. The third-order valence-electron chi connectivity index (χ3n) is 11.5. The smallest absolute Gasteiger partial charge is 0.276 e. The number of alkyl halides is 2. The van der Waals surface area contributed by atoms with Gasteiger partial charge in [0.25, 0.3) is 5.92 Å². The summed E-state index contributed by atoms with van der Waals surface area (Å²) in [6.07, 6.45) is 12.5. The van der Waals surface area contributed by atoms with Gasteiger partial charge in [-0.2, -0.15) is 12.6 Å². The Morgan fingerprint density at radius 3 is 2.43 bits per heavy atom. The average Bonchev–Trinajstić information content (AvgIpc) is 3.06. The van der Waals surface area contributed by atoms with Crippen LogP contribution in [-0.2, 0) is 12.5 Å². The third-order valence-corrected chi connectivity index (χ3v) is 11.9. The van der Waals surface area contributed by atoms with E-state index in [1.165, 1.54) is 5.57 Å². The molecule has 8 bridgehead atoms. The van der Waals surface area contributed by atoms with Crippen LogP contribution in [0.5, 0.6) is 0 Å². The number of fused-ring (bicyclic) bond motifs is 8. The fraction of sp³-hybridized carbons (Fsp3) is 0.600. The maximum Gasteiger partial charge on any atom is 0.276 e. The summed E-state index contributed by atoms with van der Waals surface area (Å²) in [6.45, 7) is 21.6. The van der Waals surface area contributed by atoms with Crippen LogP contribution in [0.2, 0.25) is 0 Å². The second kappa shape index (κ2) is 14.1. The number of aryl methyl sites for hydroxylation is 1. The van der Waals surface area contributed by atoms with Crippen LogP contribution in [0.3, 0.4) is 0 Å². The maximum absolute atomic E-state index is 16.1. The van der Waals surface area contributed by atoms with E-state index < -0.39 is 16.7 Å². The van der Waals surface area contributed by atoms with Crippen LogP contribution in [0.25, 0.3) is 6.08 Å². The van der Waals surface area contributed by atoms with E-state index in [0.29, 0.717) is 50.3 Å². The van der Waals surface area contributed by atoms with Crippen LogP contribution in [0, 0.1) is 18.8 Å². The van der Waals surface area contributed by atoms with Gasteiger partial charge in [-0.25, -0.2) is 18.7 Å². The van der Waals surface area contributed by atoms with Crippen molar-refractivity contribution in [2.45, 2.75) is 115 Å². The molecule has 5 aliphatic heterocycles. The molecular weight excluding hydrogens is 635 g/mol. The van der Waals surface area contributed by atoms with Crippen molar-refractivity contribution >= 4 is 30.3 Å². The van der Waals surface area contributed by atoms with Gasteiger partial charge in [-0.15, -0.1) is 0 Å². The number of likely N-dealkylation sites (tertiary alicyclic amines) is 1. The lowest BCUT2D eigenvalue weighted by Crippen LogP contribution is -2.47. The lowest BCUT2D eigenvalue weighted by Gasteiger charge is -2.46. The van der Waals surface area contributed by atoms with E-state index in [9.17, 15) is 0 Å². The molecule has 6 heterocycles. The number of hydrogen-bond acceptors (Lipinski definition) is 7. The Balaban J connectivity index is 1.40. The molecule has 9 heteroatoms. The molecule has 1 atom stereocenters. The first-order chi connectivity index (χ1) is 23.2. The molecule has 266 valence electrons. The number of rotatable bonds is 2. The molecule has 0 radical (unpaired) electrons. The van der Waals surface area contributed by atoms with Crippen molar-refractivity contribution in [2.24, 2.45) is 11.8 Å². The Morgan fingerprint density at radius 1 is 1.02 bits per heavy atom. The van der Waals surface area contributed by atoms with Gasteiger partial charge in [-0.1, -0.05) is 36.9 Å². The molecular formula is C40H56F2N6S. The molecule has 1 aromatic heterocycles. The molecule has 2 saturated heterocycles. The van der Waals surface area contributed by atoms with Crippen molar-refractivity contribution in [3.8, 4) is 0 Å². The van der Waals surface area contributed by atoms with E-state index >= 15 is 8.78 Å². The van der Waals surface area contributed by atoms with Crippen molar-refractivity contribution < 1.29 is 8.78 Å². The standard InChI is InChI=1S/C40H56F2N6S/c1-27(2)46-20-14-31(15-21-46)34-25-35-36-43-26-30-12-11-13-33(24-30)40(41,42)32-16-22-47(23-17-32)39(7,49)19-10-8-9-18-38(5,6)48(28(34)3)37(35)45-29(4)44-36/h10-13,19,24-25,27,31-32,49H,3,8-9,14-18,20-23,26H2,1-2,4-7H3,(H,43,44,45)/b19-10-. The second-order valence-electron chi connectivity index (χ2n) is 15.8. The van der Waals surface area contributed by atoms with E-state index in [2.05, 4.69) is 72.9 Å². The molecule has 0 amide bonds. The highest BCUT2D eigenvalue weighted by Gasteiger charge is 2.44. The normalized spacial score (nSPS) is 28.8. The Labute approximate surface area is 298 Å². The number of allylic oxidation sites excluding steroid dienone is 2. The summed E-state index contributed by atoms with van der Waals surface area (Å²) in [5.74, 6) is -0.969. The van der Waals surface area contributed by atoms with Gasteiger partial charge in [-0.3, -0.25) is 4.90 Å². The highest BCUT2D eigenvalue weighted by Crippen LogP contribution is 2.47. The third kappa shape index (κ3) is 7.50. The first-order valence-electron chi connectivity index (χ1n) is 18.4. The van der Waals surface area contributed by atoms with Crippen LogP contribution in [0.1, 0.15) is 102 Å². The maximum atomic E-state index is 16.1. The van der Waals surface area contributed by atoms with E-state index in [4.69, 9.17) is 29.2 Å². The van der Waals surface area contributed by atoms with Crippen molar-refractivity contribution in [1.29, 1.82) is 0 Å². The molecule has 1 unspecified atom stereocenters. The minimum atomic E-state index is -2.91. The lowest BCUT2D eigenvalue weighted by molar-refractivity contribution is -0.0878. The zero-order valence-electron chi connectivity index (χ0n) is 30.4. The van der Waals surface area contributed by atoms with Crippen LogP contribution in [0.4, 0.5) is 20.4 Å². The molecule has 0 spiro atoms. The Kier molecular flexibility index (Phi) is 10.4.